The van der Waals surface area contributed by atoms with E-state index in [1.807, 2.05) is 20.8 Å². The number of Topliss-reactive ketones (excluding diaryl/α,β-unsaturated/α-hetero) is 1. The molecule has 1 amide bonds. The number of allylic oxidation sites excluding steroid dienone is 4. The fraction of sp³-hybridized carbons (Fsp3) is 0.455. The van der Waals surface area contributed by atoms with Crippen LogP contribution in [0.4, 0.5) is 9.18 Å². The maximum Gasteiger partial charge on any atom is 0.418 e. The highest BCUT2D eigenvalue weighted by Gasteiger charge is 2.45. The molecular weight excluding hydrogens is 457 g/mol. The van der Waals surface area contributed by atoms with Gasteiger partial charge in [-0.05, 0) is 73.7 Å². The molecule has 0 saturated carbocycles. The number of thioether (sulfide) groups is 1. The van der Waals surface area contributed by atoms with E-state index in [4.69, 9.17) is 4.74 Å². The summed E-state index contributed by atoms with van der Waals surface area (Å²) in [6.07, 6.45) is 2.15. The smallest absolute Gasteiger partial charge is 0.418 e. The van der Waals surface area contributed by atoms with Gasteiger partial charge in [-0.2, -0.15) is 0 Å². The van der Waals surface area contributed by atoms with Crippen LogP contribution in [0.5, 0.6) is 0 Å². The zero-order valence-corrected chi connectivity index (χ0v) is 19.1. The molecule has 0 fully saturated rings. The Morgan fingerprint density at radius 3 is 2.69 bits per heavy atom. The minimum Gasteiger partial charge on any atom is -0.443 e. The van der Waals surface area contributed by atoms with Crippen molar-refractivity contribution in [2.45, 2.75) is 58.0 Å². The fourth-order valence-electron chi connectivity index (χ4n) is 4.17. The first kappa shape index (κ1) is 20.7. The summed E-state index contributed by atoms with van der Waals surface area (Å²) in [7, 11) is 0. The van der Waals surface area contributed by atoms with Crippen molar-refractivity contribution in [3.05, 3.63) is 55.9 Å². The van der Waals surface area contributed by atoms with E-state index in [0.717, 1.165) is 34.0 Å². The average Bonchev–Trinajstić information content (AvgIpc) is 3.10. The number of ketones is 1. The largest absolute Gasteiger partial charge is 0.443 e. The van der Waals surface area contributed by atoms with Gasteiger partial charge in [0, 0.05) is 40.0 Å². The van der Waals surface area contributed by atoms with Crippen LogP contribution in [0.1, 0.15) is 57.9 Å². The minimum atomic E-state index is -0.623. The van der Waals surface area contributed by atoms with E-state index in [9.17, 15) is 14.0 Å². The lowest BCUT2D eigenvalue weighted by atomic mass is 9.78. The molecule has 1 atom stereocenters. The average molecular weight is 480 g/mol. The summed E-state index contributed by atoms with van der Waals surface area (Å²) in [6, 6.07) is 4.91. The summed E-state index contributed by atoms with van der Waals surface area (Å²) in [5, 5.41) is 0. The first-order chi connectivity index (χ1) is 13.7. The molecule has 2 aliphatic heterocycles. The Kier molecular flexibility index (Phi) is 5.40. The number of carbonyl (C=O) groups excluding carboxylic acids is 2. The van der Waals surface area contributed by atoms with Crippen molar-refractivity contribution in [3.8, 4) is 0 Å². The first-order valence-electron chi connectivity index (χ1n) is 9.77. The Labute approximate surface area is 182 Å². The molecule has 0 unspecified atom stereocenters. The quantitative estimate of drug-likeness (QED) is 0.475. The van der Waals surface area contributed by atoms with Gasteiger partial charge in [0.05, 0.1) is 4.47 Å². The molecule has 0 radical (unpaired) electrons. The maximum atomic E-state index is 13.9. The van der Waals surface area contributed by atoms with Crippen LogP contribution in [0, 0.1) is 5.82 Å². The molecule has 7 heteroatoms. The molecule has 29 heavy (non-hydrogen) atoms. The second-order valence-corrected chi connectivity index (χ2v) is 10.5. The van der Waals surface area contributed by atoms with Crippen LogP contribution < -0.4 is 0 Å². The second-order valence-electron chi connectivity index (χ2n) is 8.47. The monoisotopic (exact) mass is 479 g/mol. The van der Waals surface area contributed by atoms with Crippen LogP contribution in [-0.2, 0) is 9.53 Å². The highest BCUT2D eigenvalue weighted by atomic mass is 79.9. The summed E-state index contributed by atoms with van der Waals surface area (Å²) in [5.74, 6) is 0.315. The molecule has 1 aromatic rings. The van der Waals surface area contributed by atoms with Crippen molar-refractivity contribution in [1.82, 2.24) is 4.90 Å². The normalized spacial score (nSPS) is 22.0. The molecule has 0 bridgehead atoms. The number of amides is 1. The molecular formula is C22H23BrFNO3S. The van der Waals surface area contributed by atoms with Gasteiger partial charge in [-0.3, -0.25) is 9.69 Å². The highest BCUT2D eigenvalue weighted by molar-refractivity contribution is 9.10. The Bertz CT molecular complexity index is 963. The first-order valence-corrected chi connectivity index (χ1v) is 11.6. The van der Waals surface area contributed by atoms with Gasteiger partial charge in [0.25, 0.3) is 0 Å². The predicted molar refractivity (Wildman–Crippen MR) is 115 cm³/mol. The van der Waals surface area contributed by atoms with Crippen molar-refractivity contribution in [2.24, 2.45) is 0 Å². The summed E-state index contributed by atoms with van der Waals surface area (Å²) < 4.78 is 19.9. The molecule has 0 aromatic heterocycles. The van der Waals surface area contributed by atoms with E-state index in [0.29, 0.717) is 29.3 Å². The number of halogens is 2. The molecule has 4 rings (SSSR count). The Balaban J connectivity index is 1.87. The van der Waals surface area contributed by atoms with Crippen LogP contribution in [0.2, 0.25) is 0 Å². The highest BCUT2D eigenvalue weighted by Crippen LogP contribution is 2.53. The van der Waals surface area contributed by atoms with Crippen molar-refractivity contribution in [2.75, 3.05) is 5.75 Å². The number of hydrogen-bond donors (Lipinski definition) is 0. The predicted octanol–water partition coefficient (Wildman–Crippen LogP) is 6.28. The minimum absolute atomic E-state index is 0.0595. The molecule has 0 N–H and O–H groups in total. The van der Waals surface area contributed by atoms with Crippen molar-refractivity contribution < 1.29 is 18.7 Å². The Morgan fingerprint density at radius 2 is 2.00 bits per heavy atom. The fourth-order valence-corrected chi connectivity index (χ4v) is 5.87. The van der Waals surface area contributed by atoms with Gasteiger partial charge in [0.15, 0.2) is 5.78 Å². The zero-order chi connectivity index (χ0) is 20.9. The number of hydrogen-bond acceptors (Lipinski definition) is 4. The second kappa shape index (κ2) is 7.58. The van der Waals surface area contributed by atoms with Gasteiger partial charge in [0.2, 0.25) is 0 Å². The van der Waals surface area contributed by atoms with Crippen LogP contribution >= 0.6 is 27.7 Å². The van der Waals surface area contributed by atoms with Gasteiger partial charge in [-0.25, -0.2) is 9.18 Å². The number of ether oxygens (including phenoxy) is 1. The van der Waals surface area contributed by atoms with E-state index < -0.39 is 11.7 Å². The molecule has 3 aliphatic rings. The number of benzene rings is 1. The third-order valence-electron chi connectivity index (χ3n) is 5.25. The molecule has 0 saturated heterocycles. The molecule has 1 aliphatic carbocycles. The molecule has 0 spiro atoms. The van der Waals surface area contributed by atoms with Gasteiger partial charge < -0.3 is 4.74 Å². The molecule has 1 aromatic carbocycles. The Morgan fingerprint density at radius 1 is 1.24 bits per heavy atom. The van der Waals surface area contributed by atoms with E-state index in [1.54, 1.807) is 28.8 Å². The van der Waals surface area contributed by atoms with Crippen LogP contribution in [0.3, 0.4) is 0 Å². The molecule has 2 heterocycles. The Hall–Kier alpha value is -1.60. The SMILES string of the molecule is CC(C)(C)OC(=O)N1C2=C(SCC2)[C@@H](c2ccc(F)c(Br)c2)C2=C1CCCC2=O. The maximum absolute atomic E-state index is 13.9. The summed E-state index contributed by atoms with van der Waals surface area (Å²) in [5.41, 5.74) is 2.58. The van der Waals surface area contributed by atoms with Crippen LogP contribution in [0.15, 0.2) is 44.5 Å². The van der Waals surface area contributed by atoms with Crippen molar-refractivity contribution >= 4 is 39.6 Å². The van der Waals surface area contributed by atoms with Gasteiger partial charge >= 0.3 is 6.09 Å². The van der Waals surface area contributed by atoms with E-state index in [1.165, 1.54) is 6.07 Å². The van der Waals surface area contributed by atoms with E-state index in [-0.39, 0.29) is 17.5 Å². The lowest BCUT2D eigenvalue weighted by Crippen LogP contribution is -2.41. The third-order valence-corrected chi connectivity index (χ3v) is 7.05. The molecule has 4 nitrogen and oxygen atoms in total. The summed E-state index contributed by atoms with van der Waals surface area (Å²) >= 11 is 4.94. The topological polar surface area (TPSA) is 46.6 Å². The lowest BCUT2D eigenvalue weighted by molar-refractivity contribution is -0.116. The van der Waals surface area contributed by atoms with Crippen molar-refractivity contribution in [3.63, 3.8) is 0 Å². The summed E-state index contributed by atoms with van der Waals surface area (Å²) in [4.78, 5) is 28.8. The van der Waals surface area contributed by atoms with E-state index >= 15 is 0 Å². The van der Waals surface area contributed by atoms with Gasteiger partial charge in [0.1, 0.15) is 11.4 Å². The van der Waals surface area contributed by atoms with E-state index in [2.05, 4.69) is 15.9 Å². The third kappa shape index (κ3) is 3.79. The standard InChI is InChI=1S/C22H23BrFNO3S/c1-22(2,3)28-21(27)25-15-5-4-6-17(26)19(15)18(20-16(25)9-10-29-20)12-7-8-14(24)13(23)11-12/h7-8,11,18H,4-6,9-10H2,1-3H3/t18-/m0/s1. The number of nitrogens with zero attached hydrogens (tertiary/aromatic N) is 1. The van der Waals surface area contributed by atoms with Crippen LogP contribution in [-0.4, -0.2) is 28.1 Å². The number of carbonyl (C=O) groups is 2. The van der Waals surface area contributed by atoms with Gasteiger partial charge in [-0.15, -0.1) is 11.8 Å². The summed E-state index contributed by atoms with van der Waals surface area (Å²) in [6.45, 7) is 5.52. The van der Waals surface area contributed by atoms with Gasteiger partial charge in [-0.1, -0.05) is 6.07 Å². The lowest BCUT2D eigenvalue weighted by Gasteiger charge is -2.39. The number of rotatable bonds is 1. The van der Waals surface area contributed by atoms with Crippen LogP contribution in [0.25, 0.3) is 0 Å². The molecule has 154 valence electrons. The van der Waals surface area contributed by atoms with Crippen molar-refractivity contribution in [1.29, 1.82) is 0 Å². The zero-order valence-electron chi connectivity index (χ0n) is 16.7.